The average molecular weight is 448 g/mol. The summed E-state index contributed by atoms with van der Waals surface area (Å²) in [5.41, 5.74) is 3.10. The second kappa shape index (κ2) is 10.3. The zero-order valence-electron chi connectivity index (χ0n) is 19.5. The van der Waals surface area contributed by atoms with Gasteiger partial charge in [-0.1, -0.05) is 24.3 Å². The third-order valence-corrected chi connectivity index (χ3v) is 7.15. The quantitative estimate of drug-likeness (QED) is 0.497. The number of amides is 1. The van der Waals surface area contributed by atoms with E-state index in [-0.39, 0.29) is 11.7 Å². The predicted molar refractivity (Wildman–Crippen MR) is 133 cm³/mol. The van der Waals surface area contributed by atoms with Gasteiger partial charge in [0.25, 0.3) is 5.91 Å². The predicted octanol–water partition coefficient (Wildman–Crippen LogP) is 5.46. The maximum absolute atomic E-state index is 13.2. The summed E-state index contributed by atoms with van der Waals surface area (Å²) in [7, 11) is 2.00. The summed E-state index contributed by atoms with van der Waals surface area (Å²) in [5.74, 6) is 1.07. The number of para-hydroxylation sites is 1. The summed E-state index contributed by atoms with van der Waals surface area (Å²) < 4.78 is 15.2. The Hall–Kier alpha value is -2.92. The molecule has 2 aromatic carbocycles. The first kappa shape index (κ1) is 23.2. The maximum Gasteiger partial charge on any atom is 0.256 e. The molecule has 3 heterocycles. The lowest BCUT2D eigenvalue weighted by Gasteiger charge is -2.33. The molecule has 2 fully saturated rings. The Balaban J connectivity index is 0.00000126. The van der Waals surface area contributed by atoms with Gasteiger partial charge in [-0.25, -0.2) is 4.39 Å². The highest BCUT2D eigenvalue weighted by molar-refractivity contribution is 6.06. The van der Waals surface area contributed by atoms with Crippen LogP contribution in [0.3, 0.4) is 0 Å². The van der Waals surface area contributed by atoms with E-state index in [9.17, 15) is 9.18 Å². The SMILES string of the molecule is C=C.Cn1ccc2cccc(C(=O)N3CC[C@H](CN4CCC(c5ccc(F)cc5)CC4)C3)c21. The summed E-state index contributed by atoms with van der Waals surface area (Å²) in [6.07, 6.45) is 5.34. The molecular formula is C28H34FN3O. The Morgan fingerprint density at radius 1 is 1.00 bits per heavy atom. The number of rotatable bonds is 4. The number of carbonyl (C=O) groups is 1. The first-order chi connectivity index (χ1) is 16.1. The maximum atomic E-state index is 13.2. The Morgan fingerprint density at radius 3 is 2.45 bits per heavy atom. The molecular weight excluding hydrogens is 413 g/mol. The molecule has 0 spiro atoms. The van der Waals surface area contributed by atoms with Gasteiger partial charge >= 0.3 is 0 Å². The van der Waals surface area contributed by atoms with Crippen LogP contribution < -0.4 is 0 Å². The van der Waals surface area contributed by atoms with Crippen molar-refractivity contribution in [3.63, 3.8) is 0 Å². The van der Waals surface area contributed by atoms with Crippen molar-refractivity contribution in [1.29, 1.82) is 0 Å². The lowest BCUT2D eigenvalue weighted by Crippen LogP contribution is -2.37. The number of halogens is 1. The molecule has 0 saturated carbocycles. The summed E-state index contributed by atoms with van der Waals surface area (Å²) in [6, 6.07) is 15.1. The molecule has 5 heteroatoms. The van der Waals surface area contributed by atoms with Crippen LogP contribution in [0.25, 0.3) is 10.9 Å². The molecule has 0 unspecified atom stereocenters. The summed E-state index contributed by atoms with van der Waals surface area (Å²) >= 11 is 0. The second-order valence-corrected chi connectivity index (χ2v) is 9.20. The van der Waals surface area contributed by atoms with Crippen LogP contribution in [0.1, 0.15) is 41.1 Å². The van der Waals surface area contributed by atoms with Crippen LogP contribution in [0.2, 0.25) is 0 Å². The first-order valence-corrected chi connectivity index (χ1v) is 11.9. The van der Waals surface area contributed by atoms with Gasteiger partial charge in [-0.15, -0.1) is 13.2 Å². The number of hydrogen-bond acceptors (Lipinski definition) is 2. The molecule has 4 nitrogen and oxygen atoms in total. The van der Waals surface area contributed by atoms with Crippen LogP contribution in [0.4, 0.5) is 4.39 Å². The van der Waals surface area contributed by atoms with Gasteiger partial charge in [0.2, 0.25) is 0 Å². The van der Waals surface area contributed by atoms with Crippen LogP contribution in [0.5, 0.6) is 0 Å². The Labute approximate surface area is 196 Å². The largest absolute Gasteiger partial charge is 0.350 e. The number of aromatic nitrogens is 1. The molecule has 1 atom stereocenters. The lowest BCUT2D eigenvalue weighted by atomic mass is 9.89. The van der Waals surface area contributed by atoms with Crippen LogP contribution >= 0.6 is 0 Å². The van der Waals surface area contributed by atoms with E-state index in [1.54, 1.807) is 12.1 Å². The summed E-state index contributed by atoms with van der Waals surface area (Å²) in [6.45, 7) is 10.9. The van der Waals surface area contributed by atoms with Gasteiger partial charge in [-0.05, 0) is 74.0 Å². The molecule has 2 saturated heterocycles. The third-order valence-electron chi connectivity index (χ3n) is 7.15. The van der Waals surface area contributed by atoms with Gasteiger partial charge in [0, 0.05) is 38.3 Å². The fourth-order valence-electron chi connectivity index (χ4n) is 5.41. The normalized spacial score (nSPS) is 19.5. The van der Waals surface area contributed by atoms with E-state index in [1.807, 2.05) is 47.0 Å². The highest BCUT2D eigenvalue weighted by atomic mass is 19.1. The van der Waals surface area contributed by atoms with E-state index in [1.165, 1.54) is 5.56 Å². The second-order valence-electron chi connectivity index (χ2n) is 9.20. The van der Waals surface area contributed by atoms with E-state index in [0.29, 0.717) is 11.8 Å². The number of likely N-dealkylation sites (tertiary alicyclic amines) is 2. The molecule has 1 aromatic heterocycles. The van der Waals surface area contributed by atoms with Crippen LogP contribution in [-0.2, 0) is 7.05 Å². The van der Waals surface area contributed by atoms with Crippen molar-refractivity contribution in [2.24, 2.45) is 13.0 Å². The molecule has 0 radical (unpaired) electrons. The number of hydrogen-bond donors (Lipinski definition) is 0. The molecule has 0 N–H and O–H groups in total. The molecule has 5 rings (SSSR count). The lowest BCUT2D eigenvalue weighted by molar-refractivity contribution is 0.0783. The Bertz CT molecular complexity index is 1080. The number of piperidine rings is 1. The van der Waals surface area contributed by atoms with Crippen LogP contribution in [-0.4, -0.2) is 53.0 Å². The smallest absolute Gasteiger partial charge is 0.256 e. The fraction of sp³-hybridized carbons (Fsp3) is 0.393. The standard InChI is InChI=1S/C26H30FN3O.C2H4/c1-28-13-10-22-3-2-4-24(25(22)28)26(31)30-16-9-19(18-30)17-29-14-11-21(12-15-29)20-5-7-23(27)8-6-20;1-2/h2-8,10,13,19,21H,9,11-12,14-18H2,1H3;1-2H2/t19-;/m1./s1. The van der Waals surface area contributed by atoms with Crippen molar-refractivity contribution >= 4 is 16.8 Å². The minimum atomic E-state index is -0.162. The van der Waals surface area contributed by atoms with Crippen molar-refractivity contribution < 1.29 is 9.18 Å². The van der Waals surface area contributed by atoms with Gasteiger partial charge in [0.1, 0.15) is 5.82 Å². The molecule has 0 bridgehead atoms. The van der Waals surface area contributed by atoms with E-state index < -0.39 is 0 Å². The van der Waals surface area contributed by atoms with Crippen molar-refractivity contribution in [2.45, 2.75) is 25.2 Å². The van der Waals surface area contributed by atoms with Crippen molar-refractivity contribution in [1.82, 2.24) is 14.4 Å². The van der Waals surface area contributed by atoms with Crippen molar-refractivity contribution in [3.8, 4) is 0 Å². The molecule has 1 amide bonds. The minimum absolute atomic E-state index is 0.157. The Kier molecular flexibility index (Phi) is 7.29. The number of benzene rings is 2. The molecule has 174 valence electrons. The molecule has 0 aliphatic carbocycles. The van der Waals surface area contributed by atoms with Gasteiger partial charge in [0.05, 0.1) is 11.1 Å². The van der Waals surface area contributed by atoms with E-state index in [4.69, 9.17) is 0 Å². The number of carbonyl (C=O) groups excluding carboxylic acids is 1. The zero-order chi connectivity index (χ0) is 23.4. The third kappa shape index (κ3) is 5.03. The Morgan fingerprint density at radius 2 is 1.73 bits per heavy atom. The summed E-state index contributed by atoms with van der Waals surface area (Å²) in [5, 5.41) is 1.12. The van der Waals surface area contributed by atoms with E-state index >= 15 is 0 Å². The van der Waals surface area contributed by atoms with Crippen LogP contribution in [0, 0.1) is 11.7 Å². The van der Waals surface area contributed by atoms with Crippen molar-refractivity contribution in [3.05, 3.63) is 84.8 Å². The molecule has 3 aromatic rings. The number of aryl methyl sites for hydroxylation is 1. The average Bonchev–Trinajstić information content (AvgIpc) is 3.48. The molecule has 2 aliphatic rings. The monoisotopic (exact) mass is 447 g/mol. The minimum Gasteiger partial charge on any atom is -0.350 e. The molecule has 2 aliphatic heterocycles. The van der Waals surface area contributed by atoms with E-state index in [2.05, 4.69) is 30.2 Å². The van der Waals surface area contributed by atoms with E-state index in [0.717, 1.165) is 68.5 Å². The van der Waals surface area contributed by atoms with Gasteiger partial charge in [-0.3, -0.25) is 4.79 Å². The first-order valence-electron chi connectivity index (χ1n) is 11.9. The fourth-order valence-corrected chi connectivity index (χ4v) is 5.41. The topological polar surface area (TPSA) is 28.5 Å². The molecule has 33 heavy (non-hydrogen) atoms. The number of nitrogens with zero attached hydrogens (tertiary/aromatic N) is 3. The van der Waals surface area contributed by atoms with Gasteiger partial charge in [0.15, 0.2) is 0 Å². The van der Waals surface area contributed by atoms with Gasteiger partial charge < -0.3 is 14.4 Å². The van der Waals surface area contributed by atoms with Crippen LogP contribution in [0.15, 0.2) is 67.9 Å². The number of fused-ring (bicyclic) bond motifs is 1. The highest BCUT2D eigenvalue weighted by Gasteiger charge is 2.30. The zero-order valence-corrected chi connectivity index (χ0v) is 19.5. The summed E-state index contributed by atoms with van der Waals surface area (Å²) in [4.78, 5) is 17.8. The van der Waals surface area contributed by atoms with Gasteiger partial charge in [-0.2, -0.15) is 0 Å². The van der Waals surface area contributed by atoms with Crippen molar-refractivity contribution in [2.75, 3.05) is 32.7 Å². The highest BCUT2D eigenvalue weighted by Crippen LogP contribution is 2.30.